The zero-order valence-corrected chi connectivity index (χ0v) is 24.2. The second-order valence-electron chi connectivity index (χ2n) is 10.1. The Morgan fingerprint density at radius 3 is 2.42 bits per heavy atom. The summed E-state index contributed by atoms with van der Waals surface area (Å²) >= 11 is 6.59. The molecule has 0 saturated carbocycles. The first-order valence-electron chi connectivity index (χ1n) is 13.9. The molecule has 1 N–H and O–H groups in total. The predicted molar refractivity (Wildman–Crippen MR) is 158 cm³/mol. The molecule has 5 rings (SSSR count). The summed E-state index contributed by atoms with van der Waals surface area (Å²) in [4.78, 5) is 28.1. The largest absolute Gasteiger partial charge is 0.476 e. The second-order valence-corrected chi connectivity index (χ2v) is 10.5. The summed E-state index contributed by atoms with van der Waals surface area (Å²) in [6, 6.07) is 9.21. The van der Waals surface area contributed by atoms with Crippen molar-refractivity contribution >= 4 is 23.2 Å². The topological polar surface area (TPSA) is 103 Å². The molecule has 0 aliphatic carbocycles. The van der Waals surface area contributed by atoms with Gasteiger partial charge >= 0.3 is 0 Å². The van der Waals surface area contributed by atoms with Crippen molar-refractivity contribution in [2.24, 2.45) is 0 Å². The zero-order valence-electron chi connectivity index (χ0n) is 23.4. The highest BCUT2D eigenvalue weighted by Crippen LogP contribution is 2.30. The lowest BCUT2D eigenvalue weighted by molar-refractivity contribution is 0.0607. The zero-order chi connectivity index (χ0) is 30.2. The van der Waals surface area contributed by atoms with E-state index in [4.69, 9.17) is 21.6 Å². The summed E-state index contributed by atoms with van der Waals surface area (Å²) < 4.78 is 36.4. The summed E-state index contributed by atoms with van der Waals surface area (Å²) in [7, 11) is 0. The summed E-state index contributed by atoms with van der Waals surface area (Å²) in [6.45, 7) is 6.91. The van der Waals surface area contributed by atoms with Crippen molar-refractivity contribution in [3.8, 4) is 23.1 Å². The Hall–Kier alpha value is -4.31. The number of ether oxygens (including phenoxy) is 1. The van der Waals surface area contributed by atoms with E-state index in [1.165, 1.54) is 67.3 Å². The van der Waals surface area contributed by atoms with E-state index >= 15 is 4.39 Å². The lowest BCUT2D eigenvalue weighted by Gasteiger charge is -2.37. The molecule has 13 heteroatoms. The highest BCUT2D eigenvalue weighted by Gasteiger charge is 2.25. The molecule has 0 bridgehead atoms. The van der Waals surface area contributed by atoms with Crippen LogP contribution in [0, 0.1) is 23.0 Å². The summed E-state index contributed by atoms with van der Waals surface area (Å²) in [5.74, 6) is -2.94. The summed E-state index contributed by atoms with van der Waals surface area (Å²) in [5, 5.41) is 8.96. The molecule has 2 aliphatic rings. The smallest absolute Gasteiger partial charge is 0.255 e. The van der Waals surface area contributed by atoms with Gasteiger partial charge in [0.15, 0.2) is 18.2 Å². The molecule has 0 spiro atoms. The molecule has 43 heavy (non-hydrogen) atoms. The number of likely N-dealkylation sites (tertiary alicyclic amines) is 1. The van der Waals surface area contributed by atoms with Gasteiger partial charge in [-0.25, -0.2) is 4.39 Å². The number of carbonyl (C=O) groups excluding carboxylic acids is 1. The SMILES string of the molecule is N#CCOc1ccc(-c2cnccnccn2Nc2ccc(C(=O)N3CCN(CCN4CCC4)CC3)c(Cl)c2)c(F)c1F. The molecule has 0 unspecified atom stereocenters. The van der Waals surface area contributed by atoms with Gasteiger partial charge in [-0.1, -0.05) is 11.6 Å². The van der Waals surface area contributed by atoms with E-state index in [0.717, 1.165) is 26.2 Å². The maximum atomic E-state index is 15.2. The Balaban J connectivity index is 1.34. The van der Waals surface area contributed by atoms with Crippen LogP contribution in [-0.4, -0.2) is 94.2 Å². The van der Waals surface area contributed by atoms with E-state index in [-0.39, 0.29) is 27.9 Å². The Kier molecular flexibility index (Phi) is 9.99. The second kappa shape index (κ2) is 14.2. The van der Waals surface area contributed by atoms with Crippen LogP contribution in [0.25, 0.3) is 11.3 Å². The lowest BCUT2D eigenvalue weighted by Crippen LogP contribution is -2.51. The molecule has 1 amide bonds. The average Bonchev–Trinajstić information content (AvgIpc) is 3.10. The van der Waals surface area contributed by atoms with Crippen LogP contribution in [0.1, 0.15) is 16.8 Å². The lowest BCUT2D eigenvalue weighted by atomic mass is 10.1. The van der Waals surface area contributed by atoms with Crippen LogP contribution in [0.15, 0.2) is 61.3 Å². The molecular formula is C30H31ClF2N8O2. The minimum atomic E-state index is -1.24. The Bertz CT molecular complexity index is 1550. The van der Waals surface area contributed by atoms with Gasteiger partial charge in [0.25, 0.3) is 5.91 Å². The third-order valence-corrected chi connectivity index (χ3v) is 7.71. The molecule has 2 saturated heterocycles. The van der Waals surface area contributed by atoms with Crippen LogP contribution in [-0.2, 0) is 0 Å². The van der Waals surface area contributed by atoms with Gasteiger partial charge in [-0.15, -0.1) is 0 Å². The number of nitriles is 1. The molecule has 10 nitrogen and oxygen atoms in total. The first-order chi connectivity index (χ1) is 20.9. The maximum absolute atomic E-state index is 15.2. The van der Waals surface area contributed by atoms with Crippen molar-refractivity contribution in [2.45, 2.75) is 6.42 Å². The maximum Gasteiger partial charge on any atom is 0.255 e. The van der Waals surface area contributed by atoms with Gasteiger partial charge in [0.05, 0.1) is 28.2 Å². The van der Waals surface area contributed by atoms with E-state index in [0.29, 0.717) is 24.3 Å². The Morgan fingerprint density at radius 2 is 1.72 bits per heavy atom. The van der Waals surface area contributed by atoms with Crippen LogP contribution in [0.3, 0.4) is 0 Å². The molecule has 2 aliphatic heterocycles. The van der Waals surface area contributed by atoms with E-state index in [1.807, 2.05) is 4.90 Å². The summed E-state index contributed by atoms with van der Waals surface area (Å²) in [6.07, 6.45) is 8.40. The van der Waals surface area contributed by atoms with E-state index < -0.39 is 18.2 Å². The van der Waals surface area contributed by atoms with Gasteiger partial charge in [0.1, 0.15) is 6.07 Å². The Morgan fingerprint density at radius 1 is 0.977 bits per heavy atom. The number of hydrogen-bond donors (Lipinski definition) is 1. The highest BCUT2D eigenvalue weighted by molar-refractivity contribution is 6.34. The molecule has 1 aromatic heterocycles. The van der Waals surface area contributed by atoms with E-state index in [2.05, 4.69) is 25.2 Å². The van der Waals surface area contributed by atoms with Gasteiger partial charge < -0.3 is 14.5 Å². The van der Waals surface area contributed by atoms with Crippen molar-refractivity contribution in [1.29, 1.82) is 5.26 Å². The molecule has 3 heterocycles. The number of nitrogens with one attached hydrogen (secondary N) is 1. The minimum Gasteiger partial charge on any atom is -0.476 e. The van der Waals surface area contributed by atoms with Crippen molar-refractivity contribution in [3.05, 3.63) is 83.5 Å². The quantitative estimate of drug-likeness (QED) is 0.385. The molecule has 3 aromatic rings. The first-order valence-corrected chi connectivity index (χ1v) is 14.3. The van der Waals surface area contributed by atoms with E-state index in [9.17, 15) is 9.18 Å². The fourth-order valence-electron chi connectivity index (χ4n) is 4.87. The van der Waals surface area contributed by atoms with E-state index in [1.54, 1.807) is 24.3 Å². The van der Waals surface area contributed by atoms with Crippen LogP contribution in [0.5, 0.6) is 5.75 Å². The van der Waals surface area contributed by atoms with Crippen molar-refractivity contribution in [3.63, 3.8) is 0 Å². The highest BCUT2D eigenvalue weighted by atomic mass is 35.5. The molecular weight excluding hydrogens is 578 g/mol. The normalized spacial score (nSPS) is 15.3. The number of hydrogen-bond acceptors (Lipinski definition) is 8. The monoisotopic (exact) mass is 608 g/mol. The fraction of sp³-hybridized carbons (Fsp3) is 0.333. The minimum absolute atomic E-state index is 0.125. The van der Waals surface area contributed by atoms with Gasteiger partial charge in [0, 0.05) is 69.6 Å². The molecule has 0 radical (unpaired) electrons. The number of halogens is 3. The average molecular weight is 609 g/mol. The van der Waals surface area contributed by atoms with Crippen LogP contribution in [0.4, 0.5) is 14.5 Å². The number of piperazine rings is 1. The standard InChI is InChI=1S/C30H31ClF2N8O2/c31-25-20-22(2-3-23(25)30(42)40-17-15-39(16-18-40)14-13-38-10-1-11-38)37-41-12-9-35-7-8-36-21-26(41)24-4-5-27(43-19-6-34)29(33)28(24)32/h2-5,7-9,12,20-21,37H,1,10-11,13-19H2. The fourth-order valence-corrected chi connectivity index (χ4v) is 5.13. The number of nitrogens with zero attached hydrogens (tertiary/aromatic N) is 7. The number of rotatable bonds is 9. The van der Waals surface area contributed by atoms with Gasteiger partial charge in [-0.2, -0.15) is 9.65 Å². The third kappa shape index (κ3) is 7.37. The number of benzene rings is 2. The van der Waals surface area contributed by atoms with Crippen molar-refractivity contribution < 1.29 is 18.3 Å². The summed E-state index contributed by atoms with van der Waals surface area (Å²) in [5.41, 5.74) is 3.97. The number of carbonyl (C=O) groups is 1. The van der Waals surface area contributed by atoms with Crippen molar-refractivity contribution in [2.75, 3.05) is 64.4 Å². The number of amides is 1. The third-order valence-electron chi connectivity index (χ3n) is 7.40. The molecule has 0 atom stereocenters. The van der Waals surface area contributed by atoms with Gasteiger partial charge in [0.2, 0.25) is 5.82 Å². The predicted octanol–water partition coefficient (Wildman–Crippen LogP) is 4.24. The molecule has 224 valence electrons. The van der Waals surface area contributed by atoms with Crippen molar-refractivity contribution in [1.82, 2.24) is 29.3 Å². The van der Waals surface area contributed by atoms with Crippen LogP contribution < -0.4 is 10.2 Å². The molecule has 2 aromatic carbocycles. The Labute approximate surface area is 253 Å². The van der Waals surface area contributed by atoms with Crippen LogP contribution in [0.2, 0.25) is 5.02 Å². The first kappa shape index (κ1) is 30.2. The molecule has 2 fully saturated rings. The van der Waals surface area contributed by atoms with Gasteiger partial charge in [-0.3, -0.25) is 29.8 Å². The van der Waals surface area contributed by atoms with Crippen LogP contribution >= 0.6 is 11.6 Å². The van der Waals surface area contributed by atoms with Gasteiger partial charge in [-0.05, 0) is 49.8 Å². The number of aromatic nitrogens is 3. The number of anilines is 1.